The highest BCUT2D eigenvalue weighted by atomic mass is 16.5. The Kier molecular flexibility index (Phi) is 2.57. The van der Waals surface area contributed by atoms with Crippen molar-refractivity contribution in [1.82, 2.24) is 0 Å². The summed E-state index contributed by atoms with van der Waals surface area (Å²) in [6, 6.07) is 12.6. The van der Waals surface area contributed by atoms with Crippen molar-refractivity contribution in [2.45, 2.75) is 0 Å². The van der Waals surface area contributed by atoms with Crippen LogP contribution >= 0.6 is 0 Å². The maximum atomic E-state index is 11.5. The van der Waals surface area contributed by atoms with Gasteiger partial charge in [0.25, 0.3) is 0 Å². The first-order chi connectivity index (χ1) is 7.76. The average Bonchev–Trinajstić information content (AvgIpc) is 2.36. The number of hydrogen-bond acceptors (Lipinski definition) is 3. The summed E-state index contributed by atoms with van der Waals surface area (Å²) in [7, 11) is 1.35. The van der Waals surface area contributed by atoms with Crippen LogP contribution in [0.25, 0.3) is 10.8 Å². The van der Waals surface area contributed by atoms with Gasteiger partial charge in [0.2, 0.25) is 0 Å². The van der Waals surface area contributed by atoms with Crippen LogP contribution in [0, 0.1) is 11.3 Å². The van der Waals surface area contributed by atoms with Crippen LogP contribution < -0.4 is 0 Å². The van der Waals surface area contributed by atoms with E-state index in [-0.39, 0.29) is 5.97 Å². The predicted octanol–water partition coefficient (Wildman–Crippen LogP) is 2.50. The van der Waals surface area contributed by atoms with Crippen molar-refractivity contribution < 1.29 is 9.53 Å². The lowest BCUT2D eigenvalue weighted by Gasteiger charge is -2.04. The van der Waals surface area contributed by atoms with Gasteiger partial charge in [0.1, 0.15) is 0 Å². The Morgan fingerprint density at radius 2 is 2.12 bits per heavy atom. The topological polar surface area (TPSA) is 50.1 Å². The van der Waals surface area contributed by atoms with Crippen LogP contribution in [-0.2, 0) is 4.74 Å². The molecule has 0 atom stereocenters. The van der Waals surface area contributed by atoms with Crippen molar-refractivity contribution in [1.29, 1.82) is 5.26 Å². The maximum Gasteiger partial charge on any atom is 0.338 e. The quantitative estimate of drug-likeness (QED) is 0.681. The Morgan fingerprint density at radius 1 is 1.31 bits per heavy atom. The van der Waals surface area contributed by atoms with E-state index in [1.54, 1.807) is 30.3 Å². The molecular formula is C13H9NO2. The number of hydrogen-bond donors (Lipinski definition) is 0. The lowest BCUT2D eigenvalue weighted by Crippen LogP contribution is -2.01. The number of nitrogens with zero attached hydrogens (tertiary/aromatic N) is 1. The number of nitriles is 1. The zero-order valence-corrected chi connectivity index (χ0v) is 8.73. The van der Waals surface area contributed by atoms with E-state index in [4.69, 9.17) is 10.00 Å². The molecule has 0 aliphatic rings. The van der Waals surface area contributed by atoms with E-state index in [1.807, 2.05) is 6.07 Å². The van der Waals surface area contributed by atoms with Crippen molar-refractivity contribution >= 4 is 16.7 Å². The van der Waals surface area contributed by atoms with Crippen LogP contribution in [0.1, 0.15) is 15.9 Å². The van der Waals surface area contributed by atoms with Gasteiger partial charge in [-0.2, -0.15) is 5.26 Å². The normalized spacial score (nSPS) is 9.75. The second-order valence-corrected chi connectivity index (χ2v) is 3.34. The summed E-state index contributed by atoms with van der Waals surface area (Å²) in [6.07, 6.45) is 0. The first kappa shape index (κ1) is 10.2. The van der Waals surface area contributed by atoms with Crippen molar-refractivity contribution in [2.24, 2.45) is 0 Å². The molecule has 0 saturated carbocycles. The monoisotopic (exact) mass is 211 g/mol. The molecule has 0 N–H and O–H groups in total. The summed E-state index contributed by atoms with van der Waals surface area (Å²) < 4.78 is 4.70. The molecular weight excluding hydrogens is 202 g/mol. The van der Waals surface area contributed by atoms with Crippen LogP contribution in [0.15, 0.2) is 36.4 Å². The molecule has 0 aliphatic carbocycles. The number of rotatable bonds is 1. The Bertz CT molecular complexity index is 596. The molecule has 0 saturated heterocycles. The van der Waals surface area contributed by atoms with E-state index in [2.05, 4.69) is 6.07 Å². The van der Waals surface area contributed by atoms with Crippen molar-refractivity contribution in [3.63, 3.8) is 0 Å². The zero-order chi connectivity index (χ0) is 11.5. The van der Waals surface area contributed by atoms with Crippen LogP contribution in [0.5, 0.6) is 0 Å². The summed E-state index contributed by atoms with van der Waals surface area (Å²) in [4.78, 5) is 11.5. The average molecular weight is 211 g/mol. The predicted molar refractivity (Wildman–Crippen MR) is 60.0 cm³/mol. The summed E-state index contributed by atoms with van der Waals surface area (Å²) >= 11 is 0. The van der Waals surface area contributed by atoms with E-state index in [9.17, 15) is 4.79 Å². The van der Waals surface area contributed by atoms with E-state index < -0.39 is 0 Å². The lowest BCUT2D eigenvalue weighted by molar-refractivity contribution is 0.0603. The first-order valence-electron chi connectivity index (χ1n) is 4.77. The third-order valence-corrected chi connectivity index (χ3v) is 2.41. The minimum atomic E-state index is -0.365. The number of carbonyl (C=O) groups is 1. The maximum absolute atomic E-state index is 11.5. The number of benzene rings is 2. The van der Waals surface area contributed by atoms with Gasteiger partial charge in [-0.05, 0) is 29.0 Å². The Balaban J connectivity index is 2.70. The minimum Gasteiger partial charge on any atom is -0.465 e. The molecule has 16 heavy (non-hydrogen) atoms. The van der Waals surface area contributed by atoms with Gasteiger partial charge in [-0.25, -0.2) is 4.79 Å². The lowest BCUT2D eigenvalue weighted by atomic mass is 10.0. The number of carbonyl (C=O) groups excluding carboxylic acids is 1. The second kappa shape index (κ2) is 4.03. The molecule has 0 aliphatic heterocycles. The third kappa shape index (κ3) is 1.61. The van der Waals surface area contributed by atoms with E-state index >= 15 is 0 Å². The van der Waals surface area contributed by atoms with E-state index in [0.717, 1.165) is 10.8 Å². The first-order valence-corrected chi connectivity index (χ1v) is 4.77. The molecule has 0 heterocycles. The van der Waals surface area contributed by atoms with Crippen LogP contribution in [0.4, 0.5) is 0 Å². The minimum absolute atomic E-state index is 0.365. The number of methoxy groups -OCH3 is 1. The fourth-order valence-electron chi connectivity index (χ4n) is 1.64. The van der Waals surface area contributed by atoms with Crippen molar-refractivity contribution in [2.75, 3.05) is 7.11 Å². The molecule has 0 radical (unpaired) electrons. The van der Waals surface area contributed by atoms with Gasteiger partial charge in [0.15, 0.2) is 0 Å². The Labute approximate surface area is 92.9 Å². The molecule has 2 rings (SSSR count). The number of fused-ring (bicyclic) bond motifs is 1. The molecule has 0 unspecified atom stereocenters. The van der Waals surface area contributed by atoms with Gasteiger partial charge in [-0.15, -0.1) is 0 Å². The molecule has 3 heteroatoms. The highest BCUT2D eigenvalue weighted by molar-refractivity contribution is 6.04. The number of esters is 1. The van der Waals surface area contributed by atoms with E-state index in [0.29, 0.717) is 11.1 Å². The fourth-order valence-corrected chi connectivity index (χ4v) is 1.64. The van der Waals surface area contributed by atoms with E-state index in [1.165, 1.54) is 7.11 Å². The smallest absolute Gasteiger partial charge is 0.338 e. The molecule has 0 amide bonds. The molecule has 0 aromatic heterocycles. The van der Waals surface area contributed by atoms with Crippen molar-refractivity contribution in [3.05, 3.63) is 47.5 Å². The molecule has 0 spiro atoms. The van der Waals surface area contributed by atoms with Crippen LogP contribution in [0.3, 0.4) is 0 Å². The molecule has 2 aromatic carbocycles. The largest absolute Gasteiger partial charge is 0.465 e. The van der Waals surface area contributed by atoms with Gasteiger partial charge in [-0.3, -0.25) is 0 Å². The zero-order valence-electron chi connectivity index (χ0n) is 8.73. The third-order valence-electron chi connectivity index (χ3n) is 2.41. The standard InChI is InChI=1S/C13H9NO2/c1-16-13(15)12-4-2-3-10-7-9(8-14)5-6-11(10)12/h2-7H,1H3. The Hall–Kier alpha value is -2.34. The Morgan fingerprint density at radius 3 is 2.81 bits per heavy atom. The summed E-state index contributed by atoms with van der Waals surface area (Å²) in [5, 5.41) is 10.4. The van der Waals surface area contributed by atoms with Gasteiger partial charge in [0, 0.05) is 0 Å². The SMILES string of the molecule is COC(=O)c1cccc2cc(C#N)ccc12. The fraction of sp³-hybridized carbons (Fsp3) is 0.0769. The van der Waals surface area contributed by atoms with Crippen LogP contribution in [0.2, 0.25) is 0 Å². The summed E-state index contributed by atoms with van der Waals surface area (Å²) in [5.41, 5.74) is 1.10. The molecule has 0 bridgehead atoms. The van der Waals surface area contributed by atoms with Crippen LogP contribution in [-0.4, -0.2) is 13.1 Å². The molecule has 0 fully saturated rings. The second-order valence-electron chi connectivity index (χ2n) is 3.34. The van der Waals surface area contributed by atoms with Gasteiger partial charge in [0.05, 0.1) is 24.3 Å². The highest BCUT2D eigenvalue weighted by Crippen LogP contribution is 2.20. The molecule has 78 valence electrons. The van der Waals surface area contributed by atoms with Gasteiger partial charge >= 0.3 is 5.97 Å². The summed E-state index contributed by atoms with van der Waals surface area (Å²) in [5.74, 6) is -0.365. The highest BCUT2D eigenvalue weighted by Gasteiger charge is 2.09. The molecule has 2 aromatic rings. The summed E-state index contributed by atoms with van der Waals surface area (Å²) in [6.45, 7) is 0. The molecule has 3 nitrogen and oxygen atoms in total. The van der Waals surface area contributed by atoms with Gasteiger partial charge < -0.3 is 4.74 Å². The number of ether oxygens (including phenoxy) is 1. The van der Waals surface area contributed by atoms with Crippen molar-refractivity contribution in [3.8, 4) is 6.07 Å². The van der Waals surface area contributed by atoms with Gasteiger partial charge in [-0.1, -0.05) is 18.2 Å².